The maximum Gasteiger partial charge on any atom is 0.164 e. The Hall–Kier alpha value is -6.07. The summed E-state index contributed by atoms with van der Waals surface area (Å²) >= 11 is 0. The molecule has 4 aromatic heterocycles. The van der Waals surface area contributed by atoms with Crippen molar-refractivity contribution in [3.05, 3.63) is 152 Å². The molecule has 0 N–H and O–H groups in total. The molecule has 5 aromatic carbocycles. The van der Waals surface area contributed by atoms with E-state index >= 15 is 0 Å². The minimum absolute atomic E-state index is 0.661. The average Bonchev–Trinajstić information content (AvgIpc) is 3.62. The van der Waals surface area contributed by atoms with Gasteiger partial charge in [-0.1, -0.05) is 97.1 Å². The summed E-state index contributed by atoms with van der Waals surface area (Å²) in [6, 6.07) is 48.5. The molecule has 0 spiro atoms. The maximum atomic E-state index is 5.33. The van der Waals surface area contributed by atoms with Crippen molar-refractivity contribution in [3.8, 4) is 34.2 Å². The summed E-state index contributed by atoms with van der Waals surface area (Å²) in [7, 11) is 0. The molecule has 0 radical (unpaired) electrons. The van der Waals surface area contributed by atoms with Crippen LogP contribution >= 0.6 is 0 Å². The van der Waals surface area contributed by atoms with Crippen molar-refractivity contribution in [3.63, 3.8) is 0 Å². The highest BCUT2D eigenvalue weighted by Gasteiger charge is 2.20. The first-order valence-electron chi connectivity index (χ1n) is 14.7. The van der Waals surface area contributed by atoms with E-state index in [0.29, 0.717) is 5.82 Å². The van der Waals surface area contributed by atoms with E-state index in [9.17, 15) is 0 Å². The molecule has 0 atom stereocenters. The van der Waals surface area contributed by atoms with E-state index in [2.05, 4.69) is 148 Å². The van der Waals surface area contributed by atoms with E-state index in [4.69, 9.17) is 9.97 Å². The van der Waals surface area contributed by atoms with Crippen LogP contribution in [0.4, 0.5) is 0 Å². The lowest BCUT2D eigenvalue weighted by Crippen LogP contribution is -2.04. The molecule has 44 heavy (non-hydrogen) atoms. The Morgan fingerprint density at radius 2 is 1.02 bits per heavy atom. The highest BCUT2D eigenvalue weighted by atomic mass is 15.1. The van der Waals surface area contributed by atoms with Crippen molar-refractivity contribution in [2.45, 2.75) is 0 Å². The highest BCUT2D eigenvalue weighted by Crippen LogP contribution is 2.37. The van der Waals surface area contributed by atoms with Gasteiger partial charge in [0.2, 0.25) is 0 Å². The first-order chi connectivity index (χ1) is 21.8. The van der Waals surface area contributed by atoms with Gasteiger partial charge in [0, 0.05) is 44.9 Å². The van der Waals surface area contributed by atoms with E-state index in [0.717, 1.165) is 55.8 Å². The number of para-hydroxylation sites is 4. The molecular weight excluding hydrogens is 538 g/mol. The Labute approximate surface area is 253 Å². The second-order valence-corrected chi connectivity index (χ2v) is 10.9. The summed E-state index contributed by atoms with van der Waals surface area (Å²) in [5.74, 6) is 1.48. The van der Waals surface area contributed by atoms with Crippen molar-refractivity contribution in [1.29, 1.82) is 0 Å². The molecule has 0 fully saturated rings. The summed E-state index contributed by atoms with van der Waals surface area (Å²) < 4.78 is 4.54. The SMILES string of the molecule is c1ccc(-c2cc(-n3c4ccccc4c4ccccc43)nc(-c3ccccc3-n3c4ccccc4c4ccncc43)n2)cc1. The number of aromatic nitrogens is 5. The largest absolute Gasteiger partial charge is 0.307 e. The molecule has 206 valence electrons. The van der Waals surface area contributed by atoms with E-state index in [1.165, 1.54) is 16.2 Å². The van der Waals surface area contributed by atoms with Gasteiger partial charge in [0.25, 0.3) is 0 Å². The van der Waals surface area contributed by atoms with Crippen LogP contribution in [0.1, 0.15) is 0 Å². The minimum atomic E-state index is 0.661. The van der Waals surface area contributed by atoms with E-state index in [-0.39, 0.29) is 0 Å². The molecule has 4 heterocycles. The van der Waals surface area contributed by atoms with Crippen LogP contribution in [-0.2, 0) is 0 Å². The topological polar surface area (TPSA) is 48.5 Å². The number of rotatable bonds is 4. The monoisotopic (exact) mass is 563 g/mol. The Morgan fingerprint density at radius 1 is 0.455 bits per heavy atom. The molecule has 9 rings (SSSR count). The first-order valence-corrected chi connectivity index (χ1v) is 14.7. The van der Waals surface area contributed by atoms with Gasteiger partial charge in [-0.2, -0.15) is 0 Å². The molecule has 0 aliphatic carbocycles. The predicted octanol–water partition coefficient (Wildman–Crippen LogP) is 9.40. The molecule has 0 aliphatic rings. The molecule has 0 saturated heterocycles. The zero-order chi connectivity index (χ0) is 29.0. The zero-order valence-corrected chi connectivity index (χ0v) is 23.7. The summed E-state index contributed by atoms with van der Waals surface area (Å²) in [6.07, 6.45) is 3.80. The molecule has 5 nitrogen and oxygen atoms in total. The zero-order valence-electron chi connectivity index (χ0n) is 23.7. The van der Waals surface area contributed by atoms with Gasteiger partial charge < -0.3 is 4.57 Å². The highest BCUT2D eigenvalue weighted by molar-refractivity contribution is 6.10. The number of nitrogens with zero attached hydrogens (tertiary/aromatic N) is 5. The number of hydrogen-bond donors (Lipinski definition) is 0. The second kappa shape index (κ2) is 9.75. The smallest absolute Gasteiger partial charge is 0.164 e. The lowest BCUT2D eigenvalue weighted by molar-refractivity contribution is 1.04. The summed E-state index contributed by atoms with van der Waals surface area (Å²) in [5.41, 5.74) is 8.23. The number of hydrogen-bond acceptors (Lipinski definition) is 3. The van der Waals surface area contributed by atoms with Crippen molar-refractivity contribution >= 4 is 43.6 Å². The fourth-order valence-electron chi connectivity index (χ4n) is 6.53. The maximum absolute atomic E-state index is 5.33. The van der Waals surface area contributed by atoms with Crippen LogP contribution in [-0.4, -0.2) is 24.1 Å². The van der Waals surface area contributed by atoms with E-state index in [1.807, 2.05) is 18.5 Å². The molecule has 0 unspecified atom stereocenters. The lowest BCUT2D eigenvalue weighted by Gasteiger charge is -2.15. The fourth-order valence-corrected chi connectivity index (χ4v) is 6.53. The van der Waals surface area contributed by atoms with Gasteiger partial charge in [0.15, 0.2) is 5.82 Å². The van der Waals surface area contributed by atoms with Crippen molar-refractivity contribution in [2.75, 3.05) is 0 Å². The summed E-state index contributed by atoms with van der Waals surface area (Å²) in [4.78, 5) is 15.0. The van der Waals surface area contributed by atoms with Crippen molar-refractivity contribution in [2.24, 2.45) is 0 Å². The molecule has 0 amide bonds. The first kappa shape index (κ1) is 24.5. The fraction of sp³-hybridized carbons (Fsp3) is 0. The van der Waals surface area contributed by atoms with Gasteiger partial charge in [0.1, 0.15) is 5.82 Å². The quantitative estimate of drug-likeness (QED) is 0.214. The Balaban J connectivity index is 1.36. The third kappa shape index (κ3) is 3.69. The third-order valence-corrected chi connectivity index (χ3v) is 8.45. The van der Waals surface area contributed by atoms with Crippen molar-refractivity contribution in [1.82, 2.24) is 24.1 Å². The molecular formula is C39H25N5. The van der Waals surface area contributed by atoms with Crippen molar-refractivity contribution < 1.29 is 0 Å². The lowest BCUT2D eigenvalue weighted by atomic mass is 10.1. The van der Waals surface area contributed by atoms with Gasteiger partial charge in [-0.15, -0.1) is 0 Å². The molecule has 5 heteroatoms. The van der Waals surface area contributed by atoms with Crippen LogP contribution in [0.3, 0.4) is 0 Å². The van der Waals surface area contributed by atoms with Gasteiger partial charge in [-0.3, -0.25) is 9.55 Å². The van der Waals surface area contributed by atoms with Gasteiger partial charge in [-0.25, -0.2) is 9.97 Å². The van der Waals surface area contributed by atoms with E-state index < -0.39 is 0 Å². The van der Waals surface area contributed by atoms with Gasteiger partial charge >= 0.3 is 0 Å². The van der Waals surface area contributed by atoms with Crippen LogP contribution in [0.15, 0.2) is 152 Å². The molecule has 9 aromatic rings. The standard InChI is InChI=1S/C39H25N5/c1-2-12-26(13-3-1)32-24-38(44-34-19-9-5-14-27(34)28-15-6-10-20-35(28)44)42-39(41-32)31-17-7-11-21-36(31)43-33-18-8-4-16-29(33)30-22-23-40-25-37(30)43/h1-25H. The third-order valence-electron chi connectivity index (χ3n) is 8.45. The summed E-state index contributed by atoms with van der Waals surface area (Å²) in [5, 5.41) is 4.74. The van der Waals surface area contributed by atoms with Crippen LogP contribution < -0.4 is 0 Å². The second-order valence-electron chi connectivity index (χ2n) is 10.9. The predicted molar refractivity (Wildman–Crippen MR) is 179 cm³/mol. The average molecular weight is 564 g/mol. The van der Waals surface area contributed by atoms with Gasteiger partial charge in [-0.05, 0) is 36.4 Å². The Morgan fingerprint density at radius 3 is 1.73 bits per heavy atom. The summed E-state index contributed by atoms with van der Waals surface area (Å²) in [6.45, 7) is 0. The van der Waals surface area contributed by atoms with E-state index in [1.54, 1.807) is 0 Å². The van der Waals surface area contributed by atoms with Crippen LogP contribution in [0.2, 0.25) is 0 Å². The molecule has 0 saturated carbocycles. The normalized spacial score (nSPS) is 11.6. The Bertz CT molecular complexity index is 2400. The van der Waals surface area contributed by atoms with Crippen LogP contribution in [0, 0.1) is 0 Å². The van der Waals surface area contributed by atoms with Gasteiger partial charge in [0.05, 0.1) is 39.6 Å². The number of pyridine rings is 1. The molecule has 0 bridgehead atoms. The molecule has 0 aliphatic heterocycles. The Kier molecular flexibility index (Phi) is 5.43. The van der Waals surface area contributed by atoms with Crippen LogP contribution in [0.25, 0.3) is 77.8 Å². The van der Waals surface area contributed by atoms with Crippen LogP contribution in [0.5, 0.6) is 0 Å². The minimum Gasteiger partial charge on any atom is -0.307 e. The number of fused-ring (bicyclic) bond motifs is 6. The number of benzene rings is 5.